The zero-order chi connectivity index (χ0) is 10.7. The first-order valence-electron chi connectivity index (χ1n) is 6.08. The maximum Gasteiger partial charge on any atom is 0.0106 e. The Balaban J connectivity index is 1.88. The van der Waals surface area contributed by atoms with Gasteiger partial charge in [-0.15, -0.1) is 0 Å². The van der Waals surface area contributed by atoms with Gasteiger partial charge in [-0.05, 0) is 42.9 Å². The van der Waals surface area contributed by atoms with Crippen molar-refractivity contribution in [2.24, 2.45) is 35.1 Å². The highest BCUT2D eigenvalue weighted by Gasteiger charge is 2.43. The monoisotopic (exact) mass is 206 g/mol. The molecule has 0 amide bonds. The third-order valence-corrected chi connectivity index (χ3v) is 4.01. The van der Waals surface area contributed by atoms with E-state index in [9.17, 15) is 0 Å². The van der Waals surface area contributed by atoms with Crippen LogP contribution in [0.4, 0.5) is 0 Å². The molecule has 0 aromatic rings. The largest absolute Gasteiger partial charge is 0.327 e. The fourth-order valence-corrected chi connectivity index (χ4v) is 3.34. The molecule has 2 nitrogen and oxygen atoms in total. The van der Waals surface area contributed by atoms with Crippen molar-refractivity contribution in [1.82, 2.24) is 0 Å². The Morgan fingerprint density at radius 3 is 1.60 bits per heavy atom. The molecule has 2 bridgehead atoms. The Morgan fingerprint density at radius 2 is 1.27 bits per heavy atom. The van der Waals surface area contributed by atoms with Gasteiger partial charge in [0.1, 0.15) is 0 Å². The highest BCUT2D eigenvalue weighted by Crippen LogP contribution is 2.52. The van der Waals surface area contributed by atoms with Gasteiger partial charge >= 0.3 is 0 Å². The minimum atomic E-state index is 0.685. The first-order valence-corrected chi connectivity index (χ1v) is 6.08. The van der Waals surface area contributed by atoms with E-state index in [0.717, 1.165) is 23.7 Å². The summed E-state index contributed by atoms with van der Waals surface area (Å²) >= 11 is 0. The second-order valence-electron chi connectivity index (χ2n) is 4.88. The second-order valence-corrected chi connectivity index (χ2v) is 4.88. The van der Waals surface area contributed by atoms with Crippen LogP contribution in [-0.4, -0.2) is 13.1 Å². The van der Waals surface area contributed by atoms with Crippen LogP contribution in [0.1, 0.15) is 19.3 Å². The zero-order valence-corrected chi connectivity index (χ0v) is 9.31. The van der Waals surface area contributed by atoms with Crippen LogP contribution in [0.15, 0.2) is 24.3 Å². The van der Waals surface area contributed by atoms with Gasteiger partial charge in [0.15, 0.2) is 0 Å². The summed E-state index contributed by atoms with van der Waals surface area (Å²) in [5, 5.41) is 0. The normalized spacial score (nSPS) is 39.9. The van der Waals surface area contributed by atoms with Crippen molar-refractivity contribution >= 4 is 0 Å². The van der Waals surface area contributed by atoms with Crippen molar-refractivity contribution in [3.05, 3.63) is 24.3 Å². The van der Waals surface area contributed by atoms with Crippen molar-refractivity contribution in [3.63, 3.8) is 0 Å². The number of hydrogen-bond acceptors (Lipinski definition) is 2. The maximum atomic E-state index is 5.49. The summed E-state index contributed by atoms with van der Waals surface area (Å²) in [4.78, 5) is 0. The van der Waals surface area contributed by atoms with Crippen molar-refractivity contribution in [3.8, 4) is 0 Å². The minimum Gasteiger partial charge on any atom is -0.327 e. The Bertz CT molecular complexity index is 231. The Morgan fingerprint density at radius 1 is 0.800 bits per heavy atom. The van der Waals surface area contributed by atoms with Gasteiger partial charge in [-0.1, -0.05) is 24.3 Å². The molecular formula is C13H22N2. The van der Waals surface area contributed by atoms with Gasteiger partial charge in [0.2, 0.25) is 0 Å². The van der Waals surface area contributed by atoms with E-state index < -0.39 is 0 Å². The van der Waals surface area contributed by atoms with Crippen LogP contribution in [0.3, 0.4) is 0 Å². The summed E-state index contributed by atoms with van der Waals surface area (Å²) in [7, 11) is 0. The van der Waals surface area contributed by atoms with Crippen molar-refractivity contribution in [2.45, 2.75) is 19.3 Å². The molecule has 4 N–H and O–H groups in total. The lowest BCUT2D eigenvalue weighted by molar-refractivity contribution is 0.335. The molecule has 0 aromatic carbocycles. The fourth-order valence-electron chi connectivity index (χ4n) is 3.34. The van der Waals surface area contributed by atoms with E-state index in [4.69, 9.17) is 11.5 Å². The van der Waals surface area contributed by atoms with Gasteiger partial charge < -0.3 is 11.5 Å². The Hall–Kier alpha value is -0.600. The molecule has 2 saturated carbocycles. The van der Waals surface area contributed by atoms with Gasteiger partial charge in [-0.2, -0.15) is 0 Å². The van der Waals surface area contributed by atoms with Crippen LogP contribution in [0, 0.1) is 23.7 Å². The summed E-state index contributed by atoms with van der Waals surface area (Å²) in [5.74, 6) is 3.43. The Kier molecular flexibility index (Phi) is 3.60. The molecule has 0 aliphatic heterocycles. The number of allylic oxidation sites excluding steroid dienone is 2. The van der Waals surface area contributed by atoms with E-state index in [0.29, 0.717) is 13.1 Å². The molecule has 4 atom stereocenters. The van der Waals surface area contributed by atoms with Crippen LogP contribution in [-0.2, 0) is 0 Å². The predicted molar refractivity (Wildman–Crippen MR) is 64.2 cm³/mol. The molecular weight excluding hydrogens is 184 g/mol. The van der Waals surface area contributed by atoms with Crippen LogP contribution >= 0.6 is 0 Å². The van der Waals surface area contributed by atoms with Gasteiger partial charge in [-0.3, -0.25) is 0 Å². The molecule has 4 unspecified atom stereocenters. The highest BCUT2D eigenvalue weighted by atomic mass is 14.5. The molecule has 0 saturated heterocycles. The molecule has 0 spiro atoms. The van der Waals surface area contributed by atoms with Gasteiger partial charge in [-0.25, -0.2) is 0 Å². The molecule has 2 rings (SSSR count). The molecule has 2 heteroatoms. The van der Waals surface area contributed by atoms with Crippen LogP contribution in [0.25, 0.3) is 0 Å². The predicted octanol–water partition coefficient (Wildman–Crippen LogP) is 1.68. The van der Waals surface area contributed by atoms with E-state index in [2.05, 4.69) is 24.3 Å². The number of rotatable bonds is 4. The van der Waals surface area contributed by atoms with E-state index >= 15 is 0 Å². The standard InChI is InChI=1S/C13H22N2/c14-5-1-3-10-7-13-9-12(10)8-11(13)4-2-6-15/h1-4,10-13H,5-9,14-15H2/b3-1+,4-2+. The minimum absolute atomic E-state index is 0.685. The van der Waals surface area contributed by atoms with Crippen molar-refractivity contribution in [2.75, 3.05) is 13.1 Å². The second kappa shape index (κ2) is 4.95. The Labute approximate surface area is 92.4 Å². The topological polar surface area (TPSA) is 52.0 Å². The van der Waals surface area contributed by atoms with Gasteiger partial charge in [0.05, 0.1) is 0 Å². The van der Waals surface area contributed by atoms with Crippen molar-refractivity contribution in [1.29, 1.82) is 0 Å². The molecule has 0 radical (unpaired) electrons. The molecule has 0 heterocycles. The lowest BCUT2D eigenvalue weighted by atomic mass is 9.82. The zero-order valence-electron chi connectivity index (χ0n) is 9.31. The lowest BCUT2D eigenvalue weighted by Gasteiger charge is -2.23. The molecule has 2 fully saturated rings. The maximum absolute atomic E-state index is 5.49. The van der Waals surface area contributed by atoms with Crippen molar-refractivity contribution < 1.29 is 0 Å². The summed E-state index contributed by atoms with van der Waals surface area (Å²) < 4.78 is 0. The van der Waals surface area contributed by atoms with E-state index in [-0.39, 0.29) is 0 Å². The molecule has 15 heavy (non-hydrogen) atoms. The first-order chi connectivity index (χ1) is 7.35. The summed E-state index contributed by atoms with van der Waals surface area (Å²) in [6.07, 6.45) is 13.1. The van der Waals surface area contributed by atoms with Crippen LogP contribution in [0.2, 0.25) is 0 Å². The number of nitrogens with two attached hydrogens (primary N) is 2. The van der Waals surface area contributed by atoms with E-state index in [1.54, 1.807) is 0 Å². The molecule has 2 aliphatic rings. The third kappa shape index (κ3) is 2.32. The number of fused-ring (bicyclic) bond motifs is 2. The fraction of sp³-hybridized carbons (Fsp3) is 0.692. The van der Waals surface area contributed by atoms with Crippen LogP contribution < -0.4 is 11.5 Å². The quantitative estimate of drug-likeness (QED) is 0.688. The third-order valence-electron chi connectivity index (χ3n) is 4.01. The van der Waals surface area contributed by atoms with Crippen LogP contribution in [0.5, 0.6) is 0 Å². The molecule has 84 valence electrons. The summed E-state index contributed by atoms with van der Waals surface area (Å²) in [6, 6.07) is 0. The summed E-state index contributed by atoms with van der Waals surface area (Å²) in [5.41, 5.74) is 11.0. The average Bonchev–Trinajstić information content (AvgIpc) is 2.82. The first kappa shape index (κ1) is 10.9. The lowest BCUT2D eigenvalue weighted by Crippen LogP contribution is -2.15. The van der Waals surface area contributed by atoms with Gasteiger partial charge in [0, 0.05) is 13.1 Å². The smallest absolute Gasteiger partial charge is 0.0106 e. The van der Waals surface area contributed by atoms with E-state index in [1.807, 2.05) is 0 Å². The number of hydrogen-bond donors (Lipinski definition) is 2. The highest BCUT2D eigenvalue weighted by molar-refractivity contribution is 5.08. The SMILES string of the molecule is NC/C=C/C1CC2CC1CC2/C=C/CN. The van der Waals surface area contributed by atoms with Gasteiger partial charge in [0.25, 0.3) is 0 Å². The van der Waals surface area contributed by atoms with E-state index in [1.165, 1.54) is 19.3 Å². The molecule has 2 aliphatic carbocycles. The average molecular weight is 206 g/mol. The molecule has 0 aromatic heterocycles. The summed E-state index contributed by atoms with van der Waals surface area (Å²) in [6.45, 7) is 1.37.